The summed E-state index contributed by atoms with van der Waals surface area (Å²) in [5.74, 6) is 0.637. The fraction of sp³-hybridized carbons (Fsp3) is 0.389. The summed E-state index contributed by atoms with van der Waals surface area (Å²) >= 11 is 0. The van der Waals surface area contributed by atoms with Crippen LogP contribution in [0, 0.1) is 5.92 Å². The molecule has 1 heterocycles. The van der Waals surface area contributed by atoms with Gasteiger partial charge in [0, 0.05) is 12.6 Å². The zero-order valence-corrected chi connectivity index (χ0v) is 14.7. The van der Waals surface area contributed by atoms with Gasteiger partial charge in [-0.1, -0.05) is 31.1 Å². The predicted octanol–water partition coefficient (Wildman–Crippen LogP) is 2.81. The highest BCUT2D eigenvalue weighted by molar-refractivity contribution is 6.00. The Morgan fingerprint density at radius 1 is 1.28 bits per heavy atom. The van der Waals surface area contributed by atoms with Crippen molar-refractivity contribution < 1.29 is 18.8 Å². The van der Waals surface area contributed by atoms with E-state index in [1.54, 1.807) is 30.3 Å². The van der Waals surface area contributed by atoms with E-state index >= 15 is 0 Å². The minimum Gasteiger partial charge on any atom is -0.496 e. The zero-order valence-electron chi connectivity index (χ0n) is 14.7. The Bertz CT molecular complexity index is 698. The number of rotatable bonds is 8. The van der Waals surface area contributed by atoms with Gasteiger partial charge in [0.25, 0.3) is 5.91 Å². The normalized spacial score (nSPS) is 10.6. The van der Waals surface area contributed by atoms with Crippen molar-refractivity contribution in [3.8, 4) is 5.75 Å². The quantitative estimate of drug-likeness (QED) is 0.795. The fourth-order valence-corrected chi connectivity index (χ4v) is 2.29. The molecule has 1 N–H and O–H groups in total. The van der Waals surface area contributed by atoms with Crippen LogP contribution in [0.15, 0.2) is 41.1 Å². The third-order valence-corrected chi connectivity index (χ3v) is 3.64. The average Bonchev–Trinajstić information content (AvgIpc) is 3.10. The molecule has 2 rings (SSSR count). The van der Waals surface area contributed by atoms with Gasteiger partial charge in [-0.2, -0.15) is 0 Å². The van der Waals surface area contributed by atoms with Crippen molar-refractivity contribution >= 4 is 17.6 Å². The van der Waals surface area contributed by atoms with Crippen molar-refractivity contribution in [3.63, 3.8) is 0 Å². The molecule has 0 bridgehead atoms. The molecule has 0 radical (unpaired) electrons. The lowest BCUT2D eigenvalue weighted by Gasteiger charge is -2.23. The van der Waals surface area contributed by atoms with Crippen molar-refractivity contribution in [2.24, 2.45) is 5.92 Å². The largest absolute Gasteiger partial charge is 0.496 e. The number of nitrogens with zero attached hydrogens (tertiary/aromatic N) is 2. The van der Waals surface area contributed by atoms with Crippen molar-refractivity contribution in [2.45, 2.75) is 20.3 Å². The highest BCUT2D eigenvalue weighted by Crippen LogP contribution is 2.20. The van der Waals surface area contributed by atoms with E-state index in [0.29, 0.717) is 29.6 Å². The summed E-state index contributed by atoms with van der Waals surface area (Å²) in [5, 5.41) is 6.24. The first-order valence-electron chi connectivity index (χ1n) is 8.13. The molecule has 0 unspecified atom stereocenters. The van der Waals surface area contributed by atoms with E-state index in [1.807, 2.05) is 0 Å². The van der Waals surface area contributed by atoms with E-state index in [9.17, 15) is 9.59 Å². The lowest BCUT2D eigenvalue weighted by atomic mass is 10.1. The van der Waals surface area contributed by atoms with E-state index in [2.05, 4.69) is 28.8 Å². The summed E-state index contributed by atoms with van der Waals surface area (Å²) in [4.78, 5) is 26.7. The number of carbonyl (C=O) groups is 2. The van der Waals surface area contributed by atoms with Crippen LogP contribution in [0.3, 0.4) is 0 Å². The van der Waals surface area contributed by atoms with Crippen LogP contribution >= 0.6 is 0 Å². The number of hydrogen-bond donors (Lipinski definition) is 1. The molecule has 0 atom stereocenters. The van der Waals surface area contributed by atoms with Gasteiger partial charge in [0.2, 0.25) is 5.91 Å². The maximum absolute atomic E-state index is 12.9. The molecule has 0 aliphatic heterocycles. The highest BCUT2D eigenvalue weighted by Gasteiger charge is 2.22. The first-order chi connectivity index (χ1) is 12.0. The fourth-order valence-electron chi connectivity index (χ4n) is 2.29. The number of ether oxygens (including phenoxy) is 1. The van der Waals surface area contributed by atoms with Gasteiger partial charge in [-0.3, -0.25) is 9.59 Å². The van der Waals surface area contributed by atoms with Crippen LogP contribution in [-0.2, 0) is 4.79 Å². The molecule has 0 fully saturated rings. The smallest absolute Gasteiger partial charge is 0.258 e. The number of anilines is 1. The number of amides is 2. The third kappa shape index (κ3) is 5.34. The minimum absolute atomic E-state index is 0.0730. The number of methoxy groups -OCH3 is 1. The molecule has 0 saturated carbocycles. The lowest BCUT2D eigenvalue weighted by Crippen LogP contribution is -2.39. The second kappa shape index (κ2) is 8.86. The summed E-state index contributed by atoms with van der Waals surface area (Å²) in [7, 11) is 1.52. The van der Waals surface area contributed by atoms with Gasteiger partial charge >= 0.3 is 0 Å². The molecule has 2 aromatic rings. The Morgan fingerprint density at radius 2 is 2.04 bits per heavy atom. The van der Waals surface area contributed by atoms with Crippen LogP contribution in [0.5, 0.6) is 5.75 Å². The molecular weight excluding hydrogens is 322 g/mol. The van der Waals surface area contributed by atoms with Crippen LogP contribution in [0.1, 0.15) is 30.6 Å². The Morgan fingerprint density at radius 3 is 2.68 bits per heavy atom. The van der Waals surface area contributed by atoms with Gasteiger partial charge in [-0.25, -0.2) is 0 Å². The number of benzene rings is 1. The first-order valence-corrected chi connectivity index (χ1v) is 8.13. The molecule has 7 heteroatoms. The van der Waals surface area contributed by atoms with Crippen LogP contribution in [0.4, 0.5) is 5.82 Å². The van der Waals surface area contributed by atoms with E-state index in [0.717, 1.165) is 6.42 Å². The molecule has 1 aromatic heterocycles. The standard InChI is InChI=1S/C18H23N3O4/c1-13(2)8-10-21(12-17(22)19-16-9-11-25-20-16)18(23)14-6-4-5-7-15(14)24-3/h4-7,9,11,13H,8,10,12H2,1-3H3,(H,19,20,22). The van der Waals surface area contributed by atoms with Gasteiger partial charge < -0.3 is 19.5 Å². The van der Waals surface area contributed by atoms with Gasteiger partial charge in [0.15, 0.2) is 5.82 Å². The van der Waals surface area contributed by atoms with Gasteiger partial charge in [-0.05, 0) is 24.5 Å². The maximum Gasteiger partial charge on any atom is 0.258 e. The Labute approximate surface area is 146 Å². The topological polar surface area (TPSA) is 84.7 Å². The summed E-state index contributed by atoms with van der Waals surface area (Å²) in [6.07, 6.45) is 2.16. The second-order valence-corrected chi connectivity index (χ2v) is 6.04. The van der Waals surface area contributed by atoms with Crippen LogP contribution in [0.25, 0.3) is 0 Å². The summed E-state index contributed by atoms with van der Waals surface area (Å²) in [6, 6.07) is 8.53. The molecule has 0 aliphatic rings. The van der Waals surface area contributed by atoms with Crippen molar-refractivity contribution in [2.75, 3.05) is 25.5 Å². The van der Waals surface area contributed by atoms with E-state index in [1.165, 1.54) is 18.3 Å². The van der Waals surface area contributed by atoms with Crippen molar-refractivity contribution in [1.29, 1.82) is 0 Å². The molecule has 0 saturated heterocycles. The first kappa shape index (κ1) is 18.5. The molecule has 7 nitrogen and oxygen atoms in total. The Hall–Kier alpha value is -2.83. The maximum atomic E-state index is 12.9. The lowest BCUT2D eigenvalue weighted by molar-refractivity contribution is -0.117. The zero-order chi connectivity index (χ0) is 18.2. The van der Waals surface area contributed by atoms with Gasteiger partial charge in [-0.15, -0.1) is 0 Å². The van der Waals surface area contributed by atoms with Crippen LogP contribution in [0.2, 0.25) is 0 Å². The summed E-state index contributed by atoms with van der Waals surface area (Å²) in [5.41, 5.74) is 0.433. The number of aromatic nitrogens is 1. The van der Waals surface area contributed by atoms with E-state index in [4.69, 9.17) is 4.74 Å². The molecule has 2 amide bonds. The molecular formula is C18H23N3O4. The van der Waals surface area contributed by atoms with Crippen LogP contribution < -0.4 is 10.1 Å². The second-order valence-electron chi connectivity index (χ2n) is 6.04. The van der Waals surface area contributed by atoms with Gasteiger partial charge in [0.05, 0.1) is 12.7 Å². The van der Waals surface area contributed by atoms with Crippen molar-refractivity contribution in [1.82, 2.24) is 10.1 Å². The summed E-state index contributed by atoms with van der Waals surface area (Å²) < 4.78 is 9.95. The molecule has 1 aromatic carbocycles. The molecule has 0 spiro atoms. The van der Waals surface area contributed by atoms with Crippen molar-refractivity contribution in [3.05, 3.63) is 42.2 Å². The predicted molar refractivity (Wildman–Crippen MR) is 93.5 cm³/mol. The van der Waals surface area contributed by atoms with Crippen LogP contribution in [-0.4, -0.2) is 42.1 Å². The minimum atomic E-state index is -0.332. The van der Waals surface area contributed by atoms with E-state index < -0.39 is 0 Å². The Balaban J connectivity index is 2.13. The Kier molecular flexibility index (Phi) is 6.56. The highest BCUT2D eigenvalue weighted by atomic mass is 16.5. The SMILES string of the molecule is COc1ccccc1C(=O)N(CCC(C)C)CC(=O)Nc1ccon1. The molecule has 25 heavy (non-hydrogen) atoms. The molecule has 0 aliphatic carbocycles. The number of hydrogen-bond acceptors (Lipinski definition) is 5. The average molecular weight is 345 g/mol. The number of carbonyl (C=O) groups excluding carboxylic acids is 2. The summed E-state index contributed by atoms with van der Waals surface area (Å²) in [6.45, 7) is 4.54. The van der Waals surface area contributed by atoms with Gasteiger partial charge in [0.1, 0.15) is 18.6 Å². The number of nitrogens with one attached hydrogen (secondary N) is 1. The third-order valence-electron chi connectivity index (χ3n) is 3.64. The monoisotopic (exact) mass is 345 g/mol. The number of para-hydroxylation sites is 1. The van der Waals surface area contributed by atoms with E-state index in [-0.39, 0.29) is 18.4 Å². The molecule has 134 valence electrons.